The zero-order chi connectivity index (χ0) is 22.4. The van der Waals surface area contributed by atoms with Crippen molar-refractivity contribution >= 4 is 29.2 Å². The summed E-state index contributed by atoms with van der Waals surface area (Å²) >= 11 is 0. The minimum absolute atomic E-state index is 0.147. The van der Waals surface area contributed by atoms with Gasteiger partial charge in [0.15, 0.2) is 0 Å². The lowest BCUT2D eigenvalue weighted by molar-refractivity contribution is -0.123. The molecule has 6 nitrogen and oxygen atoms in total. The Hall–Kier alpha value is -3.93. The summed E-state index contributed by atoms with van der Waals surface area (Å²) in [6.07, 6.45) is 0. The highest BCUT2D eigenvalue weighted by atomic mass is 16.5. The Balaban J connectivity index is 1.62. The quantitative estimate of drug-likeness (QED) is 0.445. The van der Waals surface area contributed by atoms with Crippen LogP contribution in [-0.4, -0.2) is 17.8 Å². The topological polar surface area (TPSA) is 84.5 Å². The first-order valence-electron chi connectivity index (χ1n) is 9.82. The number of esters is 1. The third kappa shape index (κ3) is 6.02. The maximum Gasteiger partial charge on any atom is 0.343 e. The highest BCUT2D eigenvalue weighted by molar-refractivity contribution is 6.04. The monoisotopic (exact) mass is 416 g/mol. The van der Waals surface area contributed by atoms with Gasteiger partial charge in [-0.1, -0.05) is 45.0 Å². The second-order valence-electron chi connectivity index (χ2n) is 8.02. The Morgan fingerprint density at radius 1 is 0.710 bits per heavy atom. The van der Waals surface area contributed by atoms with Crippen molar-refractivity contribution in [3.05, 3.63) is 90.0 Å². The molecule has 0 radical (unpaired) electrons. The van der Waals surface area contributed by atoms with Crippen molar-refractivity contribution in [1.82, 2.24) is 0 Å². The molecule has 3 rings (SSSR count). The zero-order valence-electron chi connectivity index (χ0n) is 17.6. The Kier molecular flexibility index (Phi) is 6.50. The molecule has 0 aliphatic rings. The van der Waals surface area contributed by atoms with Gasteiger partial charge in [-0.2, -0.15) is 0 Å². The Bertz CT molecular complexity index is 1080. The van der Waals surface area contributed by atoms with Crippen molar-refractivity contribution in [3.8, 4) is 5.75 Å². The standard InChI is InChI=1S/C25H24N2O4/c1-25(2,3)24(30)27-20-11-7-10-18(16-20)23(29)31-21-14-12-19(13-15-21)26-22(28)17-8-5-4-6-9-17/h4-16H,1-3H3,(H,26,28)(H,27,30). The van der Waals surface area contributed by atoms with Crippen molar-refractivity contribution in [2.45, 2.75) is 20.8 Å². The van der Waals surface area contributed by atoms with Crippen LogP contribution in [0, 0.1) is 5.41 Å². The SMILES string of the molecule is CC(C)(C)C(=O)Nc1cccc(C(=O)Oc2ccc(NC(=O)c3ccccc3)cc2)c1. The third-order valence-electron chi connectivity index (χ3n) is 4.40. The Morgan fingerprint density at radius 2 is 1.35 bits per heavy atom. The van der Waals surface area contributed by atoms with E-state index in [0.717, 1.165) is 0 Å². The number of ether oxygens (including phenoxy) is 1. The number of rotatable bonds is 5. The lowest BCUT2D eigenvalue weighted by atomic mass is 9.95. The number of benzene rings is 3. The third-order valence-corrected chi connectivity index (χ3v) is 4.40. The fourth-order valence-corrected chi connectivity index (χ4v) is 2.61. The number of anilines is 2. The van der Waals surface area contributed by atoms with Gasteiger partial charge >= 0.3 is 5.97 Å². The molecule has 158 valence electrons. The van der Waals surface area contributed by atoms with Crippen molar-refractivity contribution in [3.63, 3.8) is 0 Å². The molecule has 3 aromatic carbocycles. The van der Waals surface area contributed by atoms with E-state index in [2.05, 4.69) is 10.6 Å². The molecule has 0 atom stereocenters. The molecular weight excluding hydrogens is 392 g/mol. The second kappa shape index (κ2) is 9.26. The van der Waals surface area contributed by atoms with Crippen LogP contribution >= 0.6 is 0 Å². The molecule has 6 heteroatoms. The molecule has 0 saturated heterocycles. The summed E-state index contributed by atoms with van der Waals surface area (Å²) in [5.41, 5.74) is 1.42. The zero-order valence-corrected chi connectivity index (χ0v) is 17.6. The van der Waals surface area contributed by atoms with Gasteiger partial charge in [0.2, 0.25) is 5.91 Å². The maximum absolute atomic E-state index is 12.5. The summed E-state index contributed by atoms with van der Waals surface area (Å²) < 4.78 is 5.41. The number of amides is 2. The summed E-state index contributed by atoms with van der Waals surface area (Å²) in [6, 6.07) is 22.0. The van der Waals surface area contributed by atoms with E-state index in [4.69, 9.17) is 4.74 Å². The first-order valence-corrected chi connectivity index (χ1v) is 9.82. The highest BCUT2D eigenvalue weighted by Gasteiger charge is 2.21. The van der Waals surface area contributed by atoms with E-state index in [0.29, 0.717) is 28.3 Å². The smallest absolute Gasteiger partial charge is 0.343 e. The van der Waals surface area contributed by atoms with Crippen molar-refractivity contribution in [1.29, 1.82) is 0 Å². The molecule has 0 spiro atoms. The van der Waals surface area contributed by atoms with Crippen LogP contribution in [0.25, 0.3) is 0 Å². The predicted molar refractivity (Wildman–Crippen MR) is 120 cm³/mol. The molecule has 0 aliphatic carbocycles. The molecule has 0 bridgehead atoms. The minimum atomic E-state index is -0.548. The molecular formula is C25H24N2O4. The van der Waals surface area contributed by atoms with Gasteiger partial charge in [-0.05, 0) is 54.6 Å². The number of carbonyl (C=O) groups excluding carboxylic acids is 3. The fraction of sp³-hybridized carbons (Fsp3) is 0.160. The van der Waals surface area contributed by atoms with Crippen LogP contribution in [0.5, 0.6) is 5.75 Å². The number of carbonyl (C=O) groups is 3. The van der Waals surface area contributed by atoms with Crippen LogP contribution in [0.4, 0.5) is 11.4 Å². The molecule has 31 heavy (non-hydrogen) atoms. The molecule has 0 saturated carbocycles. The minimum Gasteiger partial charge on any atom is -0.423 e. The van der Waals surface area contributed by atoms with E-state index in [1.54, 1.807) is 72.8 Å². The molecule has 0 fully saturated rings. The molecule has 2 amide bonds. The molecule has 0 aromatic heterocycles. The van der Waals surface area contributed by atoms with E-state index >= 15 is 0 Å². The van der Waals surface area contributed by atoms with Gasteiger partial charge in [-0.15, -0.1) is 0 Å². The Morgan fingerprint density at radius 3 is 2.00 bits per heavy atom. The first-order chi connectivity index (χ1) is 14.7. The molecule has 0 unspecified atom stereocenters. The molecule has 3 aromatic rings. The van der Waals surface area contributed by atoms with Crippen LogP contribution in [0.15, 0.2) is 78.9 Å². The predicted octanol–water partition coefficient (Wildman–Crippen LogP) is 5.14. The van der Waals surface area contributed by atoms with E-state index in [-0.39, 0.29) is 11.8 Å². The van der Waals surface area contributed by atoms with Gasteiger partial charge in [0.1, 0.15) is 5.75 Å². The summed E-state index contributed by atoms with van der Waals surface area (Å²) in [5.74, 6) is -0.578. The average Bonchev–Trinajstić information content (AvgIpc) is 2.75. The molecule has 0 heterocycles. The highest BCUT2D eigenvalue weighted by Crippen LogP contribution is 2.21. The van der Waals surface area contributed by atoms with Crippen LogP contribution in [-0.2, 0) is 4.79 Å². The lowest BCUT2D eigenvalue weighted by Crippen LogP contribution is -2.27. The van der Waals surface area contributed by atoms with Gasteiger partial charge in [-0.25, -0.2) is 4.79 Å². The molecule has 2 N–H and O–H groups in total. The van der Waals surface area contributed by atoms with Crippen LogP contribution in [0.2, 0.25) is 0 Å². The largest absolute Gasteiger partial charge is 0.423 e. The summed E-state index contributed by atoms with van der Waals surface area (Å²) in [6.45, 7) is 5.44. The normalized spacial score (nSPS) is 10.8. The van der Waals surface area contributed by atoms with Crippen molar-refractivity contribution < 1.29 is 19.1 Å². The summed E-state index contributed by atoms with van der Waals surface area (Å²) in [4.78, 5) is 36.8. The van der Waals surface area contributed by atoms with Crippen molar-refractivity contribution in [2.24, 2.45) is 5.41 Å². The van der Waals surface area contributed by atoms with E-state index in [1.165, 1.54) is 0 Å². The summed E-state index contributed by atoms with van der Waals surface area (Å²) in [7, 11) is 0. The molecule has 0 aliphatic heterocycles. The first kappa shape index (κ1) is 21.8. The van der Waals surface area contributed by atoms with Gasteiger partial charge in [0.05, 0.1) is 5.56 Å². The van der Waals surface area contributed by atoms with Gasteiger partial charge in [0.25, 0.3) is 5.91 Å². The van der Waals surface area contributed by atoms with Gasteiger partial charge in [0, 0.05) is 22.4 Å². The number of hydrogen-bond acceptors (Lipinski definition) is 4. The van der Waals surface area contributed by atoms with Gasteiger partial charge < -0.3 is 15.4 Å². The number of nitrogens with one attached hydrogen (secondary N) is 2. The average molecular weight is 416 g/mol. The van der Waals surface area contributed by atoms with E-state index in [9.17, 15) is 14.4 Å². The van der Waals surface area contributed by atoms with Crippen LogP contribution in [0.3, 0.4) is 0 Å². The van der Waals surface area contributed by atoms with Crippen LogP contribution < -0.4 is 15.4 Å². The second-order valence-corrected chi connectivity index (χ2v) is 8.02. The van der Waals surface area contributed by atoms with Gasteiger partial charge in [-0.3, -0.25) is 9.59 Å². The maximum atomic E-state index is 12.5. The summed E-state index contributed by atoms with van der Waals surface area (Å²) in [5, 5.41) is 5.58. The lowest BCUT2D eigenvalue weighted by Gasteiger charge is -2.17. The van der Waals surface area contributed by atoms with E-state index < -0.39 is 11.4 Å². The van der Waals surface area contributed by atoms with Crippen LogP contribution in [0.1, 0.15) is 41.5 Å². The fourth-order valence-electron chi connectivity index (χ4n) is 2.61. The van der Waals surface area contributed by atoms with E-state index in [1.807, 2.05) is 26.8 Å². The number of hydrogen-bond donors (Lipinski definition) is 2. The van der Waals surface area contributed by atoms with Crippen molar-refractivity contribution in [2.75, 3.05) is 10.6 Å². The Labute approximate surface area is 181 Å².